The predicted octanol–water partition coefficient (Wildman–Crippen LogP) is 5.60. The molecule has 1 atom stereocenters. The average Bonchev–Trinajstić information content (AvgIpc) is 2.37. The van der Waals surface area contributed by atoms with Gasteiger partial charge in [0.1, 0.15) is 0 Å². The molecule has 20 heavy (non-hydrogen) atoms. The van der Waals surface area contributed by atoms with Crippen LogP contribution in [0.1, 0.15) is 55.0 Å². The van der Waals surface area contributed by atoms with Crippen molar-refractivity contribution >= 4 is 5.69 Å². The lowest BCUT2D eigenvalue weighted by Gasteiger charge is -2.17. The van der Waals surface area contributed by atoms with E-state index in [-0.39, 0.29) is 0 Å². The Morgan fingerprint density at radius 2 is 1.25 bits per heavy atom. The maximum Gasteiger partial charge on any atom is 0.0485 e. The lowest BCUT2D eigenvalue weighted by molar-refractivity contribution is 0.852. The zero-order chi connectivity index (χ0) is 14.7. The summed E-state index contributed by atoms with van der Waals surface area (Å²) < 4.78 is 0. The molecule has 0 aliphatic carbocycles. The molecule has 1 heteroatoms. The molecule has 0 fully saturated rings. The van der Waals surface area contributed by atoms with Gasteiger partial charge in [-0.15, -0.1) is 0 Å². The third-order valence-corrected chi connectivity index (χ3v) is 3.71. The highest BCUT2D eigenvalue weighted by molar-refractivity contribution is 5.50. The third kappa shape index (κ3) is 3.63. The third-order valence-electron chi connectivity index (χ3n) is 3.71. The molecule has 0 aliphatic heterocycles. The van der Waals surface area contributed by atoms with Gasteiger partial charge < -0.3 is 5.32 Å². The van der Waals surface area contributed by atoms with Crippen LogP contribution in [0.2, 0.25) is 0 Å². The SMILES string of the molecule is Cc1cc(C)cc(NC(C)c2ccc(C(C)C)cc2)c1. The van der Waals surface area contributed by atoms with Gasteiger partial charge >= 0.3 is 0 Å². The maximum atomic E-state index is 3.59. The van der Waals surface area contributed by atoms with Crippen LogP contribution in [0, 0.1) is 13.8 Å². The molecule has 0 spiro atoms. The Morgan fingerprint density at radius 1 is 0.750 bits per heavy atom. The average molecular weight is 267 g/mol. The Hall–Kier alpha value is -1.76. The highest BCUT2D eigenvalue weighted by atomic mass is 14.9. The summed E-state index contributed by atoms with van der Waals surface area (Å²) in [6.45, 7) is 10.9. The van der Waals surface area contributed by atoms with E-state index in [0.29, 0.717) is 12.0 Å². The van der Waals surface area contributed by atoms with Crippen molar-refractivity contribution in [1.82, 2.24) is 0 Å². The van der Waals surface area contributed by atoms with Crippen molar-refractivity contribution in [3.63, 3.8) is 0 Å². The number of benzene rings is 2. The summed E-state index contributed by atoms with van der Waals surface area (Å²) in [5, 5.41) is 3.59. The minimum Gasteiger partial charge on any atom is -0.379 e. The van der Waals surface area contributed by atoms with Crippen LogP contribution < -0.4 is 5.32 Å². The largest absolute Gasteiger partial charge is 0.379 e. The Morgan fingerprint density at radius 3 is 1.75 bits per heavy atom. The van der Waals surface area contributed by atoms with Gasteiger partial charge in [-0.25, -0.2) is 0 Å². The highest BCUT2D eigenvalue weighted by Crippen LogP contribution is 2.23. The zero-order valence-electron chi connectivity index (χ0n) is 13.2. The van der Waals surface area contributed by atoms with E-state index in [4.69, 9.17) is 0 Å². The number of anilines is 1. The second-order valence-electron chi connectivity index (χ2n) is 6.06. The molecule has 0 saturated heterocycles. The Balaban J connectivity index is 2.13. The molecule has 0 saturated carbocycles. The van der Waals surface area contributed by atoms with E-state index in [1.807, 2.05) is 0 Å². The van der Waals surface area contributed by atoms with E-state index in [2.05, 4.69) is 82.4 Å². The summed E-state index contributed by atoms with van der Waals surface area (Å²) in [6, 6.07) is 15.9. The molecule has 1 nitrogen and oxygen atoms in total. The molecule has 0 bridgehead atoms. The summed E-state index contributed by atoms with van der Waals surface area (Å²) in [4.78, 5) is 0. The van der Waals surface area contributed by atoms with Gasteiger partial charge in [0.25, 0.3) is 0 Å². The summed E-state index contributed by atoms with van der Waals surface area (Å²) in [5.74, 6) is 0.590. The smallest absolute Gasteiger partial charge is 0.0485 e. The van der Waals surface area contributed by atoms with Gasteiger partial charge in [0.15, 0.2) is 0 Å². The fourth-order valence-corrected chi connectivity index (χ4v) is 2.56. The van der Waals surface area contributed by atoms with Crippen molar-refractivity contribution in [3.8, 4) is 0 Å². The summed E-state index contributed by atoms with van der Waals surface area (Å²) in [7, 11) is 0. The van der Waals surface area contributed by atoms with Crippen LogP contribution in [0.15, 0.2) is 42.5 Å². The van der Waals surface area contributed by atoms with Gasteiger partial charge in [-0.05, 0) is 61.1 Å². The van der Waals surface area contributed by atoms with E-state index < -0.39 is 0 Å². The molecule has 2 aromatic carbocycles. The molecule has 0 radical (unpaired) electrons. The predicted molar refractivity (Wildman–Crippen MR) is 88.5 cm³/mol. The van der Waals surface area contributed by atoms with Crippen LogP contribution in [0.5, 0.6) is 0 Å². The van der Waals surface area contributed by atoms with Gasteiger partial charge in [-0.3, -0.25) is 0 Å². The maximum absolute atomic E-state index is 3.59. The van der Waals surface area contributed by atoms with Crippen molar-refractivity contribution in [2.75, 3.05) is 5.32 Å². The molecule has 0 aliphatic rings. The molecule has 1 N–H and O–H groups in total. The fraction of sp³-hybridized carbons (Fsp3) is 0.368. The van der Waals surface area contributed by atoms with Crippen molar-refractivity contribution in [2.24, 2.45) is 0 Å². The van der Waals surface area contributed by atoms with E-state index in [0.717, 1.165) is 0 Å². The Bertz CT molecular complexity index is 547. The first kappa shape index (κ1) is 14.6. The van der Waals surface area contributed by atoms with Crippen molar-refractivity contribution < 1.29 is 0 Å². The molecule has 0 amide bonds. The Labute approximate surface area is 123 Å². The topological polar surface area (TPSA) is 12.0 Å². The molecular formula is C19H25N. The quantitative estimate of drug-likeness (QED) is 0.760. The van der Waals surface area contributed by atoms with Crippen molar-refractivity contribution in [2.45, 2.75) is 46.6 Å². The molecule has 106 valence electrons. The minimum absolute atomic E-state index is 0.317. The molecule has 0 aromatic heterocycles. The second-order valence-corrected chi connectivity index (χ2v) is 6.06. The zero-order valence-corrected chi connectivity index (χ0v) is 13.2. The number of hydrogen-bond donors (Lipinski definition) is 1. The first-order valence-corrected chi connectivity index (χ1v) is 7.40. The number of hydrogen-bond acceptors (Lipinski definition) is 1. The molecule has 2 aromatic rings. The number of aryl methyl sites for hydroxylation is 2. The lowest BCUT2D eigenvalue weighted by Crippen LogP contribution is -2.07. The second kappa shape index (κ2) is 6.13. The summed E-state index contributed by atoms with van der Waals surface area (Å²) in [6.07, 6.45) is 0. The summed E-state index contributed by atoms with van der Waals surface area (Å²) in [5.41, 5.74) is 6.52. The molecular weight excluding hydrogens is 242 g/mol. The molecule has 0 heterocycles. The van der Waals surface area contributed by atoms with E-state index in [1.165, 1.54) is 27.9 Å². The number of rotatable bonds is 4. The molecule has 1 unspecified atom stereocenters. The van der Waals surface area contributed by atoms with E-state index in [9.17, 15) is 0 Å². The normalized spacial score (nSPS) is 12.5. The van der Waals surface area contributed by atoms with Crippen LogP contribution in [0.3, 0.4) is 0 Å². The molecule has 2 rings (SSSR count). The van der Waals surface area contributed by atoms with Gasteiger partial charge in [0.2, 0.25) is 0 Å². The van der Waals surface area contributed by atoms with Gasteiger partial charge in [0.05, 0.1) is 0 Å². The van der Waals surface area contributed by atoms with Crippen molar-refractivity contribution in [1.29, 1.82) is 0 Å². The van der Waals surface area contributed by atoms with Crippen LogP contribution in [0.25, 0.3) is 0 Å². The van der Waals surface area contributed by atoms with Gasteiger partial charge in [-0.1, -0.05) is 44.2 Å². The lowest BCUT2D eigenvalue weighted by atomic mass is 9.99. The van der Waals surface area contributed by atoms with Gasteiger partial charge in [0, 0.05) is 11.7 Å². The Kier molecular flexibility index (Phi) is 4.49. The van der Waals surface area contributed by atoms with Crippen LogP contribution in [0.4, 0.5) is 5.69 Å². The van der Waals surface area contributed by atoms with Crippen LogP contribution in [-0.4, -0.2) is 0 Å². The summed E-state index contributed by atoms with van der Waals surface area (Å²) >= 11 is 0. The van der Waals surface area contributed by atoms with Crippen molar-refractivity contribution in [3.05, 3.63) is 64.7 Å². The minimum atomic E-state index is 0.317. The number of nitrogens with one attached hydrogen (secondary N) is 1. The monoisotopic (exact) mass is 267 g/mol. The van der Waals surface area contributed by atoms with Crippen LogP contribution in [-0.2, 0) is 0 Å². The van der Waals surface area contributed by atoms with E-state index >= 15 is 0 Å². The van der Waals surface area contributed by atoms with Gasteiger partial charge in [-0.2, -0.15) is 0 Å². The standard InChI is InChI=1S/C19H25N/c1-13(2)17-6-8-18(9-7-17)16(5)20-19-11-14(3)10-15(4)12-19/h6-13,16,20H,1-5H3. The fourth-order valence-electron chi connectivity index (χ4n) is 2.56. The van der Waals surface area contributed by atoms with E-state index in [1.54, 1.807) is 0 Å². The first-order chi connectivity index (χ1) is 9.45. The van der Waals surface area contributed by atoms with Crippen LogP contribution >= 0.6 is 0 Å². The first-order valence-electron chi connectivity index (χ1n) is 7.40. The highest BCUT2D eigenvalue weighted by Gasteiger charge is 2.07.